The Hall–Kier alpha value is -0.250. The highest BCUT2D eigenvalue weighted by Gasteiger charge is 2.06. The van der Waals surface area contributed by atoms with Crippen molar-refractivity contribution in [3.05, 3.63) is 22.2 Å². The lowest BCUT2D eigenvalue weighted by molar-refractivity contribution is 0.843. The number of nitrogen functional groups attached to an aromatic ring is 1. The van der Waals surface area contributed by atoms with Crippen LogP contribution in [0, 0.1) is 0 Å². The average molecular weight is 279 g/mol. The van der Waals surface area contributed by atoms with Crippen LogP contribution >= 0.6 is 35.0 Å². The van der Waals surface area contributed by atoms with E-state index in [1.807, 2.05) is 11.8 Å². The van der Waals surface area contributed by atoms with Crippen molar-refractivity contribution in [2.45, 2.75) is 12.8 Å². The Balaban J connectivity index is 2.47. The van der Waals surface area contributed by atoms with Crippen LogP contribution in [0.2, 0.25) is 10.0 Å². The van der Waals surface area contributed by atoms with Gasteiger partial charge in [-0.2, -0.15) is 11.8 Å². The minimum atomic E-state index is 0.579. The number of hydrogen-bond acceptors (Lipinski definition) is 3. The average Bonchev–Trinajstić information content (AvgIpc) is 2.20. The Bertz CT molecular complexity index is 322. The fourth-order valence-corrected chi connectivity index (χ4v) is 2.48. The highest BCUT2D eigenvalue weighted by Crippen LogP contribution is 2.32. The first-order chi connectivity index (χ1) is 7.65. The van der Waals surface area contributed by atoms with Gasteiger partial charge in [-0.05, 0) is 37.0 Å². The molecule has 0 fully saturated rings. The summed E-state index contributed by atoms with van der Waals surface area (Å²) in [5.74, 6) is 1.19. The molecule has 0 heterocycles. The first-order valence-electron chi connectivity index (χ1n) is 5.12. The van der Waals surface area contributed by atoms with Crippen molar-refractivity contribution in [3.8, 4) is 0 Å². The molecule has 0 amide bonds. The number of anilines is 2. The Kier molecular flexibility index (Phi) is 6.17. The summed E-state index contributed by atoms with van der Waals surface area (Å²) < 4.78 is 0. The third-order valence-corrected chi connectivity index (χ3v) is 3.43. The quantitative estimate of drug-likeness (QED) is 0.607. The standard InChI is InChI=1S/C11H16Cl2N2S/c1-16-5-3-2-4-15-11-9(12)6-8(14)7-10(11)13/h6-7,15H,2-5,14H2,1H3. The van der Waals surface area contributed by atoms with Crippen molar-refractivity contribution in [2.75, 3.05) is 29.6 Å². The third-order valence-electron chi connectivity index (χ3n) is 2.14. The summed E-state index contributed by atoms with van der Waals surface area (Å²) in [6.45, 7) is 0.879. The van der Waals surface area contributed by atoms with E-state index in [-0.39, 0.29) is 0 Å². The van der Waals surface area contributed by atoms with Gasteiger partial charge in [0.15, 0.2) is 0 Å². The van der Waals surface area contributed by atoms with Crippen molar-refractivity contribution < 1.29 is 0 Å². The predicted molar refractivity (Wildman–Crippen MR) is 77.0 cm³/mol. The molecule has 0 spiro atoms. The highest BCUT2D eigenvalue weighted by molar-refractivity contribution is 7.98. The SMILES string of the molecule is CSCCCCNc1c(Cl)cc(N)cc1Cl. The zero-order valence-corrected chi connectivity index (χ0v) is 11.6. The minimum Gasteiger partial charge on any atom is -0.399 e. The van der Waals surface area contributed by atoms with Gasteiger partial charge in [-0.25, -0.2) is 0 Å². The van der Waals surface area contributed by atoms with Crippen molar-refractivity contribution in [1.29, 1.82) is 0 Å². The summed E-state index contributed by atoms with van der Waals surface area (Å²) >= 11 is 13.9. The molecule has 90 valence electrons. The predicted octanol–water partition coefficient (Wildman–Crippen LogP) is 4.13. The Morgan fingerprint density at radius 1 is 1.25 bits per heavy atom. The number of unbranched alkanes of at least 4 members (excludes halogenated alkanes) is 1. The van der Waals surface area contributed by atoms with Crippen LogP contribution in [0.1, 0.15) is 12.8 Å². The second-order valence-corrected chi connectivity index (χ2v) is 5.29. The topological polar surface area (TPSA) is 38.0 Å². The van der Waals surface area contributed by atoms with Crippen LogP contribution in [0.4, 0.5) is 11.4 Å². The van der Waals surface area contributed by atoms with E-state index in [9.17, 15) is 0 Å². The molecular formula is C11H16Cl2N2S. The summed E-state index contributed by atoms with van der Waals surface area (Å²) in [5.41, 5.74) is 6.99. The molecule has 1 aromatic rings. The molecule has 0 saturated carbocycles. The van der Waals surface area contributed by atoms with Gasteiger partial charge in [0.25, 0.3) is 0 Å². The number of nitrogens with one attached hydrogen (secondary N) is 1. The van der Waals surface area contributed by atoms with Gasteiger partial charge in [-0.1, -0.05) is 23.2 Å². The molecule has 0 bridgehead atoms. The van der Waals surface area contributed by atoms with Gasteiger partial charge in [0.05, 0.1) is 15.7 Å². The number of rotatable bonds is 6. The molecule has 1 rings (SSSR count). The summed E-state index contributed by atoms with van der Waals surface area (Å²) in [7, 11) is 0. The first kappa shape index (κ1) is 13.8. The van der Waals surface area contributed by atoms with Crippen molar-refractivity contribution in [3.63, 3.8) is 0 Å². The lowest BCUT2D eigenvalue weighted by Crippen LogP contribution is -2.03. The molecule has 3 N–H and O–H groups in total. The number of nitrogens with two attached hydrogens (primary N) is 1. The second-order valence-electron chi connectivity index (χ2n) is 3.49. The Labute approximate surface area is 111 Å². The van der Waals surface area contributed by atoms with Gasteiger partial charge in [-0.3, -0.25) is 0 Å². The minimum absolute atomic E-state index is 0.579. The smallest absolute Gasteiger partial charge is 0.0720 e. The maximum atomic E-state index is 6.04. The molecule has 0 aliphatic heterocycles. The van der Waals surface area contributed by atoms with Crippen LogP contribution in [-0.2, 0) is 0 Å². The van der Waals surface area contributed by atoms with E-state index in [2.05, 4.69) is 11.6 Å². The van der Waals surface area contributed by atoms with E-state index in [0.717, 1.165) is 18.7 Å². The molecule has 5 heteroatoms. The molecule has 0 aromatic heterocycles. The molecule has 0 aliphatic rings. The van der Waals surface area contributed by atoms with E-state index in [4.69, 9.17) is 28.9 Å². The molecule has 0 aliphatic carbocycles. The summed E-state index contributed by atoms with van der Waals surface area (Å²) in [6.07, 6.45) is 4.41. The molecule has 2 nitrogen and oxygen atoms in total. The zero-order chi connectivity index (χ0) is 12.0. The number of thioether (sulfide) groups is 1. The van der Waals surface area contributed by atoms with E-state index in [1.54, 1.807) is 12.1 Å². The highest BCUT2D eigenvalue weighted by atomic mass is 35.5. The molecule has 1 aromatic carbocycles. The molecule has 0 saturated heterocycles. The van der Waals surface area contributed by atoms with E-state index >= 15 is 0 Å². The van der Waals surface area contributed by atoms with Gasteiger partial charge in [-0.15, -0.1) is 0 Å². The van der Waals surface area contributed by atoms with Crippen LogP contribution in [0.15, 0.2) is 12.1 Å². The van der Waals surface area contributed by atoms with Crippen LogP contribution in [0.3, 0.4) is 0 Å². The van der Waals surface area contributed by atoms with Gasteiger partial charge < -0.3 is 11.1 Å². The normalized spacial score (nSPS) is 10.4. The molecule has 0 unspecified atom stereocenters. The first-order valence-corrected chi connectivity index (χ1v) is 7.27. The Morgan fingerprint density at radius 2 is 1.88 bits per heavy atom. The third kappa shape index (κ3) is 4.32. The molecular weight excluding hydrogens is 263 g/mol. The Morgan fingerprint density at radius 3 is 2.44 bits per heavy atom. The van der Waals surface area contributed by atoms with E-state index < -0.39 is 0 Å². The van der Waals surface area contributed by atoms with Gasteiger partial charge in [0.2, 0.25) is 0 Å². The number of hydrogen-bond donors (Lipinski definition) is 2. The van der Waals surface area contributed by atoms with Gasteiger partial charge in [0, 0.05) is 12.2 Å². The monoisotopic (exact) mass is 278 g/mol. The van der Waals surface area contributed by atoms with Crippen LogP contribution in [0.25, 0.3) is 0 Å². The fourth-order valence-electron chi connectivity index (χ4n) is 1.35. The largest absolute Gasteiger partial charge is 0.399 e. The lowest BCUT2D eigenvalue weighted by atomic mass is 10.2. The zero-order valence-electron chi connectivity index (χ0n) is 9.22. The van der Waals surface area contributed by atoms with Crippen molar-refractivity contribution in [1.82, 2.24) is 0 Å². The molecule has 0 radical (unpaired) electrons. The number of halogens is 2. The van der Waals surface area contributed by atoms with Crippen LogP contribution in [0.5, 0.6) is 0 Å². The van der Waals surface area contributed by atoms with Crippen molar-refractivity contribution >= 4 is 46.3 Å². The number of benzene rings is 1. The van der Waals surface area contributed by atoms with Gasteiger partial charge in [0.1, 0.15) is 0 Å². The summed E-state index contributed by atoms with van der Waals surface area (Å²) in [6, 6.07) is 3.41. The van der Waals surface area contributed by atoms with Gasteiger partial charge >= 0.3 is 0 Å². The van der Waals surface area contributed by atoms with E-state index in [1.165, 1.54) is 12.2 Å². The lowest BCUT2D eigenvalue weighted by Gasteiger charge is -2.10. The molecule has 16 heavy (non-hydrogen) atoms. The van der Waals surface area contributed by atoms with Crippen molar-refractivity contribution in [2.24, 2.45) is 0 Å². The fraction of sp³-hybridized carbons (Fsp3) is 0.455. The summed E-state index contributed by atoms with van der Waals surface area (Å²) in [5, 5.41) is 4.40. The molecule has 0 atom stereocenters. The second kappa shape index (κ2) is 7.15. The van der Waals surface area contributed by atoms with Crippen LogP contribution in [-0.4, -0.2) is 18.6 Å². The maximum absolute atomic E-state index is 6.04. The van der Waals surface area contributed by atoms with E-state index in [0.29, 0.717) is 15.7 Å². The summed E-state index contributed by atoms with van der Waals surface area (Å²) in [4.78, 5) is 0. The maximum Gasteiger partial charge on any atom is 0.0720 e. The van der Waals surface area contributed by atoms with Crippen LogP contribution < -0.4 is 11.1 Å².